The molecule has 0 fully saturated rings. The Morgan fingerprint density at radius 2 is 1.86 bits per heavy atom. The third-order valence-corrected chi connectivity index (χ3v) is 2.82. The van der Waals surface area contributed by atoms with Crippen molar-refractivity contribution < 1.29 is 19.5 Å². The smallest absolute Gasteiger partial charge is 0.330 e. The maximum Gasteiger partial charge on any atom is 0.330 e. The second-order valence-electron chi connectivity index (χ2n) is 4.71. The first-order valence-electron chi connectivity index (χ1n) is 6.56. The van der Waals surface area contributed by atoms with Gasteiger partial charge >= 0.3 is 18.0 Å². The van der Waals surface area contributed by atoms with Crippen LogP contribution in [-0.4, -0.2) is 53.6 Å². The fourth-order valence-corrected chi connectivity index (χ4v) is 1.75. The fraction of sp³-hybridized carbons (Fsp3) is 0.267. The standard InChI is InChI=1S/C15H19N3O4/c1-4-10-18(15(22)17(2)3)14(21)16-12(13(19)20)11-8-6-5-7-9-11/h4-9,12H,1,10H2,2-3H3,(H,16,21)(H,19,20). The zero-order valence-corrected chi connectivity index (χ0v) is 12.5. The Morgan fingerprint density at radius 3 is 2.32 bits per heavy atom. The van der Waals surface area contributed by atoms with Crippen molar-refractivity contribution in [3.05, 3.63) is 48.6 Å². The third-order valence-electron chi connectivity index (χ3n) is 2.82. The summed E-state index contributed by atoms with van der Waals surface area (Å²) in [7, 11) is 3.00. The number of carboxylic acids is 1. The first-order chi connectivity index (χ1) is 10.4. The molecule has 0 spiro atoms. The van der Waals surface area contributed by atoms with Gasteiger partial charge in [-0.25, -0.2) is 19.3 Å². The highest BCUT2D eigenvalue weighted by Crippen LogP contribution is 2.13. The van der Waals surface area contributed by atoms with E-state index in [9.17, 15) is 19.5 Å². The maximum atomic E-state index is 12.2. The summed E-state index contributed by atoms with van der Waals surface area (Å²) in [6.07, 6.45) is 1.39. The minimum atomic E-state index is -1.24. The number of hydrogen-bond donors (Lipinski definition) is 2. The lowest BCUT2D eigenvalue weighted by atomic mass is 10.1. The van der Waals surface area contributed by atoms with E-state index >= 15 is 0 Å². The highest BCUT2D eigenvalue weighted by Gasteiger charge is 2.28. The van der Waals surface area contributed by atoms with Gasteiger partial charge in [0, 0.05) is 20.6 Å². The van der Waals surface area contributed by atoms with E-state index in [1.807, 2.05) is 0 Å². The van der Waals surface area contributed by atoms with Crippen molar-refractivity contribution in [2.75, 3.05) is 20.6 Å². The van der Waals surface area contributed by atoms with Crippen molar-refractivity contribution in [1.82, 2.24) is 15.1 Å². The molecule has 118 valence electrons. The van der Waals surface area contributed by atoms with E-state index in [0.717, 1.165) is 4.90 Å². The lowest BCUT2D eigenvalue weighted by molar-refractivity contribution is -0.139. The number of urea groups is 2. The van der Waals surface area contributed by atoms with Gasteiger partial charge in [-0.15, -0.1) is 6.58 Å². The van der Waals surface area contributed by atoms with Gasteiger partial charge in [0.1, 0.15) is 0 Å². The number of amides is 4. The first kappa shape index (κ1) is 17.2. The molecule has 0 saturated heterocycles. The Hall–Kier alpha value is -2.83. The van der Waals surface area contributed by atoms with Crippen LogP contribution in [0.5, 0.6) is 0 Å². The van der Waals surface area contributed by atoms with Gasteiger partial charge in [0.25, 0.3) is 0 Å². The highest BCUT2D eigenvalue weighted by atomic mass is 16.4. The lowest BCUT2D eigenvalue weighted by Crippen LogP contribution is -2.49. The largest absolute Gasteiger partial charge is 0.479 e. The summed E-state index contributed by atoms with van der Waals surface area (Å²) >= 11 is 0. The summed E-state index contributed by atoms with van der Waals surface area (Å²) in [6, 6.07) is 5.66. The van der Waals surface area contributed by atoms with Gasteiger partial charge in [-0.1, -0.05) is 36.4 Å². The molecule has 0 aliphatic carbocycles. The molecule has 0 bridgehead atoms. The van der Waals surface area contributed by atoms with Crippen LogP contribution >= 0.6 is 0 Å². The summed E-state index contributed by atoms with van der Waals surface area (Å²) in [5, 5.41) is 11.6. The van der Waals surface area contributed by atoms with Crippen LogP contribution in [0.25, 0.3) is 0 Å². The zero-order valence-electron chi connectivity index (χ0n) is 12.5. The Kier molecular flexibility index (Phi) is 6.12. The third kappa shape index (κ3) is 4.34. The second-order valence-corrected chi connectivity index (χ2v) is 4.71. The molecule has 7 heteroatoms. The topological polar surface area (TPSA) is 90.0 Å². The molecule has 0 aliphatic rings. The van der Waals surface area contributed by atoms with Crippen LogP contribution in [0.3, 0.4) is 0 Å². The van der Waals surface area contributed by atoms with Crippen LogP contribution < -0.4 is 5.32 Å². The predicted molar refractivity (Wildman–Crippen MR) is 81.3 cm³/mol. The van der Waals surface area contributed by atoms with Gasteiger partial charge in [0.05, 0.1) is 0 Å². The van der Waals surface area contributed by atoms with Crippen molar-refractivity contribution >= 4 is 18.0 Å². The number of hydrogen-bond acceptors (Lipinski definition) is 3. The van der Waals surface area contributed by atoms with E-state index in [1.165, 1.54) is 25.1 Å². The molecule has 7 nitrogen and oxygen atoms in total. The van der Waals surface area contributed by atoms with Gasteiger partial charge in [-0.2, -0.15) is 0 Å². The summed E-state index contributed by atoms with van der Waals surface area (Å²) in [6.45, 7) is 3.46. The van der Waals surface area contributed by atoms with Crippen molar-refractivity contribution in [1.29, 1.82) is 0 Å². The van der Waals surface area contributed by atoms with Gasteiger partial charge in [-0.3, -0.25) is 0 Å². The minimum Gasteiger partial charge on any atom is -0.479 e. The van der Waals surface area contributed by atoms with Gasteiger partial charge in [-0.05, 0) is 5.56 Å². The molecule has 1 unspecified atom stereocenters. The number of aliphatic carboxylic acids is 1. The molecular formula is C15H19N3O4. The number of imide groups is 1. The second kappa shape index (κ2) is 7.82. The number of carbonyl (C=O) groups is 3. The SMILES string of the molecule is C=CCN(C(=O)NC(C(=O)O)c1ccccc1)C(=O)N(C)C. The summed E-state index contributed by atoms with van der Waals surface area (Å²) < 4.78 is 0. The number of nitrogens with one attached hydrogen (secondary N) is 1. The molecule has 22 heavy (non-hydrogen) atoms. The van der Waals surface area contributed by atoms with Crippen molar-refractivity contribution in [3.8, 4) is 0 Å². The van der Waals surface area contributed by atoms with Crippen LogP contribution in [0, 0.1) is 0 Å². The molecule has 0 heterocycles. The molecule has 0 aromatic heterocycles. The Labute approximate surface area is 128 Å². The number of carbonyl (C=O) groups excluding carboxylic acids is 2. The highest BCUT2D eigenvalue weighted by molar-refractivity contribution is 5.95. The van der Waals surface area contributed by atoms with Crippen molar-refractivity contribution in [2.45, 2.75) is 6.04 Å². The summed E-state index contributed by atoms with van der Waals surface area (Å²) in [4.78, 5) is 37.7. The van der Waals surface area contributed by atoms with Crippen LogP contribution in [0.4, 0.5) is 9.59 Å². The molecular weight excluding hydrogens is 286 g/mol. The maximum absolute atomic E-state index is 12.2. The average Bonchev–Trinajstić information content (AvgIpc) is 2.49. The lowest BCUT2D eigenvalue weighted by Gasteiger charge is -2.25. The van der Waals surface area contributed by atoms with Crippen LogP contribution in [-0.2, 0) is 4.79 Å². The van der Waals surface area contributed by atoms with Gasteiger partial charge in [0.15, 0.2) is 6.04 Å². The molecule has 1 aromatic rings. The van der Waals surface area contributed by atoms with Gasteiger partial charge < -0.3 is 15.3 Å². The summed E-state index contributed by atoms with van der Waals surface area (Å²) in [5.74, 6) is -1.21. The van der Waals surface area contributed by atoms with Crippen LogP contribution in [0.1, 0.15) is 11.6 Å². The predicted octanol–water partition coefficient (Wildman–Crippen LogP) is 1.69. The van der Waals surface area contributed by atoms with Crippen LogP contribution in [0.15, 0.2) is 43.0 Å². The Morgan fingerprint density at radius 1 is 1.27 bits per heavy atom. The van der Waals surface area contributed by atoms with Crippen molar-refractivity contribution in [2.24, 2.45) is 0 Å². The molecule has 1 atom stereocenters. The van der Waals surface area contributed by atoms with E-state index in [2.05, 4.69) is 11.9 Å². The van der Waals surface area contributed by atoms with E-state index in [-0.39, 0.29) is 6.54 Å². The Balaban J connectivity index is 2.96. The van der Waals surface area contributed by atoms with Gasteiger partial charge in [0.2, 0.25) is 0 Å². The normalized spacial score (nSPS) is 11.2. The summed E-state index contributed by atoms with van der Waals surface area (Å²) in [5.41, 5.74) is 0.416. The zero-order chi connectivity index (χ0) is 16.7. The number of nitrogens with zero attached hydrogens (tertiary/aromatic N) is 2. The molecule has 0 aliphatic heterocycles. The molecule has 1 rings (SSSR count). The fourth-order valence-electron chi connectivity index (χ4n) is 1.75. The number of carboxylic acid groups (broad SMARTS) is 1. The molecule has 4 amide bonds. The monoisotopic (exact) mass is 305 g/mol. The Bertz CT molecular complexity index is 557. The van der Waals surface area contributed by atoms with E-state index in [1.54, 1.807) is 30.3 Å². The van der Waals surface area contributed by atoms with Crippen molar-refractivity contribution in [3.63, 3.8) is 0 Å². The first-order valence-corrected chi connectivity index (χ1v) is 6.56. The molecule has 0 saturated carbocycles. The molecule has 0 radical (unpaired) electrons. The average molecular weight is 305 g/mol. The molecule has 2 N–H and O–H groups in total. The van der Waals surface area contributed by atoms with Crippen LogP contribution in [0.2, 0.25) is 0 Å². The molecule has 1 aromatic carbocycles. The van der Waals surface area contributed by atoms with E-state index in [4.69, 9.17) is 0 Å². The number of rotatable bonds is 5. The number of benzene rings is 1. The van der Waals surface area contributed by atoms with E-state index < -0.39 is 24.1 Å². The minimum absolute atomic E-state index is 0.0238. The van der Waals surface area contributed by atoms with E-state index in [0.29, 0.717) is 5.56 Å². The quantitative estimate of drug-likeness (QED) is 0.810.